The molecule has 1 heterocycles. The van der Waals surface area contributed by atoms with E-state index in [1.54, 1.807) is 7.05 Å². The van der Waals surface area contributed by atoms with Gasteiger partial charge >= 0.3 is 0 Å². The number of halogens is 2. The van der Waals surface area contributed by atoms with Crippen molar-refractivity contribution in [1.82, 2.24) is 20.0 Å². The molecule has 0 fully saturated rings. The molecule has 170 valence electrons. The summed E-state index contributed by atoms with van der Waals surface area (Å²) in [6, 6.07) is 10.7. The maximum atomic E-state index is 14.3. The zero-order valence-electron chi connectivity index (χ0n) is 18.6. The lowest BCUT2D eigenvalue weighted by molar-refractivity contribution is 0.0951. The summed E-state index contributed by atoms with van der Waals surface area (Å²) in [5.41, 5.74) is 1.26. The summed E-state index contributed by atoms with van der Waals surface area (Å²) < 4.78 is 34.9. The van der Waals surface area contributed by atoms with Crippen LogP contribution in [0.15, 0.2) is 48.7 Å². The van der Waals surface area contributed by atoms with E-state index in [9.17, 15) is 13.6 Å². The molecule has 0 radical (unpaired) electrons. The fourth-order valence-electron chi connectivity index (χ4n) is 3.42. The third-order valence-electron chi connectivity index (χ3n) is 5.23. The Bertz CT molecular complexity index is 1060. The summed E-state index contributed by atoms with van der Waals surface area (Å²) in [4.78, 5) is 15.2. The second kappa shape index (κ2) is 10.9. The Morgan fingerprint density at radius 3 is 2.62 bits per heavy atom. The van der Waals surface area contributed by atoms with Crippen molar-refractivity contribution in [3.05, 3.63) is 71.4 Å². The van der Waals surface area contributed by atoms with Crippen LogP contribution in [-0.2, 0) is 13.6 Å². The molecule has 0 aliphatic rings. The molecule has 0 bridgehead atoms. The molecule has 3 rings (SSSR count). The smallest absolute Gasteiger partial charge is 0.255 e. The number of aryl methyl sites for hydroxylation is 1. The van der Waals surface area contributed by atoms with Crippen molar-refractivity contribution in [2.75, 3.05) is 26.2 Å². The van der Waals surface area contributed by atoms with E-state index >= 15 is 0 Å². The number of ether oxygens (including phenoxy) is 1. The predicted molar refractivity (Wildman–Crippen MR) is 119 cm³/mol. The van der Waals surface area contributed by atoms with Gasteiger partial charge in [-0.3, -0.25) is 9.48 Å². The van der Waals surface area contributed by atoms with Crippen LogP contribution in [0.2, 0.25) is 0 Å². The van der Waals surface area contributed by atoms with Gasteiger partial charge in [-0.05, 0) is 31.3 Å². The monoisotopic (exact) mass is 442 g/mol. The first-order chi connectivity index (χ1) is 15.4. The van der Waals surface area contributed by atoms with Gasteiger partial charge in [0.1, 0.15) is 29.7 Å². The van der Waals surface area contributed by atoms with Crippen molar-refractivity contribution in [3.8, 4) is 17.0 Å². The number of benzene rings is 2. The molecule has 2 aromatic carbocycles. The Hall–Kier alpha value is -3.26. The van der Waals surface area contributed by atoms with Gasteiger partial charge in [-0.15, -0.1) is 0 Å². The number of carbonyl (C=O) groups is 1. The van der Waals surface area contributed by atoms with Gasteiger partial charge in [-0.25, -0.2) is 8.78 Å². The van der Waals surface area contributed by atoms with Crippen molar-refractivity contribution in [2.45, 2.75) is 20.4 Å². The SMILES string of the molecule is CCN(CC)CCOc1ccccc1CNC(=O)c1cn(C)nc1-c1ccc(F)cc1F. The molecule has 3 aromatic rings. The molecular formula is C24H28F2N4O2. The van der Waals surface area contributed by atoms with E-state index in [4.69, 9.17) is 4.74 Å². The molecule has 0 saturated carbocycles. The number of rotatable bonds is 10. The Morgan fingerprint density at radius 2 is 1.91 bits per heavy atom. The Kier molecular flexibility index (Phi) is 7.94. The second-order valence-corrected chi connectivity index (χ2v) is 7.35. The average molecular weight is 443 g/mol. The number of likely N-dealkylation sites (N-methyl/N-ethyl adjacent to an activating group) is 1. The lowest BCUT2D eigenvalue weighted by Crippen LogP contribution is -2.28. The van der Waals surface area contributed by atoms with Crippen LogP contribution in [0, 0.1) is 11.6 Å². The molecule has 0 aliphatic heterocycles. The van der Waals surface area contributed by atoms with E-state index in [1.807, 2.05) is 24.3 Å². The highest BCUT2D eigenvalue weighted by molar-refractivity contribution is 5.99. The lowest BCUT2D eigenvalue weighted by Gasteiger charge is -2.19. The fourth-order valence-corrected chi connectivity index (χ4v) is 3.42. The average Bonchev–Trinajstić information content (AvgIpc) is 3.17. The molecule has 8 heteroatoms. The summed E-state index contributed by atoms with van der Waals surface area (Å²) in [5.74, 6) is -1.17. The second-order valence-electron chi connectivity index (χ2n) is 7.35. The van der Waals surface area contributed by atoms with Gasteiger partial charge in [0.05, 0.1) is 5.56 Å². The minimum absolute atomic E-state index is 0.0669. The van der Waals surface area contributed by atoms with Gasteiger partial charge in [0.25, 0.3) is 5.91 Å². The summed E-state index contributed by atoms with van der Waals surface area (Å²) >= 11 is 0. The molecule has 32 heavy (non-hydrogen) atoms. The first kappa shape index (κ1) is 23.4. The van der Waals surface area contributed by atoms with Crippen LogP contribution in [0.4, 0.5) is 8.78 Å². The van der Waals surface area contributed by atoms with E-state index < -0.39 is 17.5 Å². The largest absolute Gasteiger partial charge is 0.492 e. The Balaban J connectivity index is 1.71. The predicted octanol–water partition coefficient (Wildman–Crippen LogP) is 4.02. The Labute approximate surface area is 186 Å². The number of amides is 1. The van der Waals surface area contributed by atoms with E-state index in [0.29, 0.717) is 12.4 Å². The highest BCUT2D eigenvalue weighted by atomic mass is 19.1. The van der Waals surface area contributed by atoms with E-state index in [-0.39, 0.29) is 23.4 Å². The van der Waals surface area contributed by atoms with E-state index in [2.05, 4.69) is 29.2 Å². The maximum absolute atomic E-state index is 14.3. The number of nitrogens with zero attached hydrogens (tertiary/aromatic N) is 3. The van der Waals surface area contributed by atoms with Gasteiger partial charge in [-0.2, -0.15) is 5.10 Å². The van der Waals surface area contributed by atoms with Gasteiger partial charge < -0.3 is 15.0 Å². The van der Waals surface area contributed by atoms with Crippen LogP contribution in [-0.4, -0.2) is 46.8 Å². The Morgan fingerprint density at radius 1 is 1.16 bits per heavy atom. The molecule has 0 atom stereocenters. The number of para-hydroxylation sites is 1. The van der Waals surface area contributed by atoms with Gasteiger partial charge in [0.2, 0.25) is 0 Å². The highest BCUT2D eigenvalue weighted by Gasteiger charge is 2.20. The van der Waals surface area contributed by atoms with Crippen molar-refractivity contribution in [2.24, 2.45) is 7.05 Å². The third-order valence-corrected chi connectivity index (χ3v) is 5.23. The fraction of sp³-hybridized carbons (Fsp3) is 0.333. The topological polar surface area (TPSA) is 59.4 Å². The van der Waals surface area contributed by atoms with Crippen molar-refractivity contribution >= 4 is 5.91 Å². The van der Waals surface area contributed by atoms with Crippen LogP contribution in [0.25, 0.3) is 11.3 Å². The normalized spacial score (nSPS) is 11.1. The minimum Gasteiger partial charge on any atom is -0.492 e. The van der Waals surface area contributed by atoms with Gasteiger partial charge in [0, 0.05) is 43.5 Å². The van der Waals surface area contributed by atoms with Crippen LogP contribution in [0.3, 0.4) is 0 Å². The van der Waals surface area contributed by atoms with Crippen LogP contribution in [0.1, 0.15) is 29.8 Å². The van der Waals surface area contributed by atoms with Crippen molar-refractivity contribution < 1.29 is 18.3 Å². The van der Waals surface area contributed by atoms with Crippen LogP contribution < -0.4 is 10.1 Å². The van der Waals surface area contributed by atoms with Gasteiger partial charge in [-0.1, -0.05) is 32.0 Å². The third kappa shape index (κ3) is 5.70. The molecule has 1 amide bonds. The molecule has 6 nitrogen and oxygen atoms in total. The summed E-state index contributed by atoms with van der Waals surface area (Å²) in [7, 11) is 1.64. The quantitative estimate of drug-likeness (QED) is 0.515. The van der Waals surface area contributed by atoms with Crippen molar-refractivity contribution in [3.63, 3.8) is 0 Å². The first-order valence-electron chi connectivity index (χ1n) is 10.6. The van der Waals surface area contributed by atoms with Gasteiger partial charge in [0.15, 0.2) is 0 Å². The molecular weight excluding hydrogens is 414 g/mol. The first-order valence-corrected chi connectivity index (χ1v) is 10.6. The number of hydrogen-bond acceptors (Lipinski definition) is 4. The zero-order chi connectivity index (χ0) is 23.1. The minimum atomic E-state index is -0.773. The maximum Gasteiger partial charge on any atom is 0.255 e. The standard InChI is InChI=1S/C24H28F2N4O2/c1-4-30(5-2)12-13-32-22-9-7-6-8-17(22)15-27-24(31)20-16-29(3)28-23(20)19-11-10-18(25)14-21(19)26/h6-11,14,16H,4-5,12-13,15H2,1-3H3,(H,27,31). The molecule has 1 aromatic heterocycles. The molecule has 0 saturated heterocycles. The number of carbonyl (C=O) groups excluding carboxylic acids is 1. The number of hydrogen-bond donors (Lipinski definition) is 1. The molecule has 1 N–H and O–H groups in total. The summed E-state index contributed by atoms with van der Waals surface area (Å²) in [6.07, 6.45) is 1.51. The van der Waals surface area contributed by atoms with Crippen LogP contribution in [0.5, 0.6) is 5.75 Å². The summed E-state index contributed by atoms with van der Waals surface area (Å²) in [5, 5.41) is 7.05. The summed E-state index contributed by atoms with van der Waals surface area (Å²) in [6.45, 7) is 7.73. The molecule has 0 unspecified atom stereocenters. The molecule has 0 spiro atoms. The lowest BCUT2D eigenvalue weighted by atomic mass is 10.1. The van der Waals surface area contributed by atoms with E-state index in [1.165, 1.54) is 16.9 Å². The van der Waals surface area contributed by atoms with Crippen molar-refractivity contribution in [1.29, 1.82) is 0 Å². The van der Waals surface area contributed by atoms with E-state index in [0.717, 1.165) is 37.3 Å². The molecule has 0 aliphatic carbocycles. The number of aromatic nitrogens is 2. The zero-order valence-corrected chi connectivity index (χ0v) is 18.6. The van der Waals surface area contributed by atoms with Crippen LogP contribution >= 0.6 is 0 Å². The number of nitrogens with one attached hydrogen (secondary N) is 1. The highest BCUT2D eigenvalue weighted by Crippen LogP contribution is 2.26.